The van der Waals surface area contributed by atoms with Crippen LogP contribution in [0.1, 0.15) is 19.4 Å². The number of halogens is 1. The quantitative estimate of drug-likeness (QED) is 0.818. The Hall–Kier alpha value is -1.91. The van der Waals surface area contributed by atoms with Gasteiger partial charge in [-0.15, -0.1) is 0 Å². The van der Waals surface area contributed by atoms with E-state index < -0.39 is 11.4 Å². The predicted octanol–water partition coefficient (Wildman–Crippen LogP) is 1.38. The van der Waals surface area contributed by atoms with Crippen LogP contribution in [-0.4, -0.2) is 23.9 Å². The molecule has 0 spiro atoms. The molecule has 1 heterocycles. The third-order valence-electron chi connectivity index (χ3n) is 2.87. The number of nitrogens with zero attached hydrogens (tertiary/aromatic N) is 1. The minimum absolute atomic E-state index is 0.0782. The first-order valence-corrected chi connectivity index (χ1v) is 5.70. The number of carbonyl (C=O) groups excluding carboxylic acids is 2. The molecule has 0 radical (unpaired) electrons. The van der Waals surface area contributed by atoms with E-state index in [2.05, 4.69) is 5.32 Å². The van der Waals surface area contributed by atoms with Crippen molar-refractivity contribution in [2.75, 3.05) is 11.4 Å². The van der Waals surface area contributed by atoms with E-state index in [1.807, 2.05) is 0 Å². The van der Waals surface area contributed by atoms with Crippen molar-refractivity contribution in [1.82, 2.24) is 5.32 Å². The van der Waals surface area contributed by atoms with E-state index in [-0.39, 0.29) is 18.4 Å². The lowest BCUT2D eigenvalue weighted by molar-refractivity contribution is -0.134. The molecule has 1 N–H and O–H groups in total. The molecule has 1 aromatic rings. The van der Waals surface area contributed by atoms with Gasteiger partial charge in [0.25, 0.3) is 5.91 Å². The number of hydrogen-bond acceptors (Lipinski definition) is 2. The number of amides is 2. The van der Waals surface area contributed by atoms with Crippen molar-refractivity contribution in [3.8, 4) is 0 Å². The van der Waals surface area contributed by atoms with Gasteiger partial charge in [0.15, 0.2) is 0 Å². The Labute approximate surface area is 105 Å². The molecule has 1 aliphatic rings. The minimum Gasteiger partial charge on any atom is -0.341 e. The molecule has 0 saturated carbocycles. The average Bonchev–Trinajstić information content (AvgIpc) is 2.21. The smallest absolute Gasteiger partial charge is 0.252 e. The average molecular weight is 250 g/mol. The van der Waals surface area contributed by atoms with Gasteiger partial charge in [0, 0.05) is 5.69 Å². The Balaban J connectivity index is 2.42. The third-order valence-corrected chi connectivity index (χ3v) is 2.87. The van der Waals surface area contributed by atoms with Gasteiger partial charge in [-0.25, -0.2) is 4.39 Å². The first-order valence-electron chi connectivity index (χ1n) is 5.70. The fraction of sp³-hybridized carbons (Fsp3) is 0.385. The highest BCUT2D eigenvalue weighted by atomic mass is 19.1. The molecule has 2 rings (SSSR count). The summed E-state index contributed by atoms with van der Waals surface area (Å²) in [7, 11) is 0. The van der Waals surface area contributed by atoms with Crippen LogP contribution in [0.5, 0.6) is 0 Å². The SMILES string of the molecule is Cc1cc(F)cc(N2CC(=O)NC(C)(C)C2=O)c1. The van der Waals surface area contributed by atoms with Crippen LogP contribution in [0.4, 0.5) is 10.1 Å². The topological polar surface area (TPSA) is 49.4 Å². The number of rotatable bonds is 1. The van der Waals surface area contributed by atoms with E-state index >= 15 is 0 Å². The fourth-order valence-corrected chi connectivity index (χ4v) is 2.08. The lowest BCUT2D eigenvalue weighted by Gasteiger charge is -2.37. The van der Waals surface area contributed by atoms with Crippen molar-refractivity contribution in [1.29, 1.82) is 0 Å². The number of piperazine rings is 1. The van der Waals surface area contributed by atoms with E-state index in [1.54, 1.807) is 26.8 Å². The first-order chi connectivity index (χ1) is 8.29. The summed E-state index contributed by atoms with van der Waals surface area (Å²) in [4.78, 5) is 25.1. The standard InChI is InChI=1S/C13H15FN2O2/c1-8-4-9(14)6-10(5-8)16-7-11(17)15-13(2,3)12(16)18/h4-6H,7H2,1-3H3,(H,15,17). The fourth-order valence-electron chi connectivity index (χ4n) is 2.08. The van der Waals surface area contributed by atoms with Gasteiger partial charge in [-0.3, -0.25) is 9.59 Å². The lowest BCUT2D eigenvalue weighted by atomic mass is 9.99. The number of hydrogen-bond donors (Lipinski definition) is 1. The van der Waals surface area contributed by atoms with E-state index in [1.165, 1.54) is 17.0 Å². The Bertz CT molecular complexity index is 505. The summed E-state index contributed by atoms with van der Waals surface area (Å²) >= 11 is 0. The summed E-state index contributed by atoms with van der Waals surface area (Å²) in [5.74, 6) is -0.907. The van der Waals surface area contributed by atoms with Crippen LogP contribution in [0, 0.1) is 12.7 Å². The second kappa shape index (κ2) is 4.08. The van der Waals surface area contributed by atoms with Gasteiger partial charge in [0.05, 0.1) is 0 Å². The van der Waals surface area contributed by atoms with Gasteiger partial charge in [0.1, 0.15) is 17.9 Å². The second-order valence-corrected chi connectivity index (χ2v) is 5.05. The van der Waals surface area contributed by atoms with Gasteiger partial charge in [-0.2, -0.15) is 0 Å². The molecule has 2 amide bonds. The number of aryl methyl sites for hydroxylation is 1. The highest BCUT2D eigenvalue weighted by Crippen LogP contribution is 2.23. The predicted molar refractivity (Wildman–Crippen MR) is 65.7 cm³/mol. The van der Waals surface area contributed by atoms with Crippen LogP contribution in [0.25, 0.3) is 0 Å². The molecule has 4 nitrogen and oxygen atoms in total. The molecule has 5 heteroatoms. The van der Waals surface area contributed by atoms with E-state index in [9.17, 15) is 14.0 Å². The maximum Gasteiger partial charge on any atom is 0.252 e. The zero-order valence-electron chi connectivity index (χ0n) is 10.6. The maximum atomic E-state index is 13.4. The van der Waals surface area contributed by atoms with Gasteiger partial charge >= 0.3 is 0 Å². The molecule has 0 unspecified atom stereocenters. The second-order valence-electron chi connectivity index (χ2n) is 5.05. The summed E-state index contributed by atoms with van der Waals surface area (Å²) in [6, 6.07) is 4.33. The first kappa shape index (κ1) is 12.5. The highest BCUT2D eigenvalue weighted by molar-refractivity contribution is 6.08. The van der Waals surface area contributed by atoms with Gasteiger partial charge in [-0.05, 0) is 44.5 Å². The molecule has 0 aromatic heterocycles. The van der Waals surface area contributed by atoms with Crippen LogP contribution in [0.15, 0.2) is 18.2 Å². The lowest BCUT2D eigenvalue weighted by Crippen LogP contribution is -2.64. The Morgan fingerprint density at radius 3 is 2.56 bits per heavy atom. The Morgan fingerprint density at radius 2 is 1.94 bits per heavy atom. The number of benzene rings is 1. The summed E-state index contributed by atoms with van der Waals surface area (Å²) in [6.45, 7) is 4.93. The monoisotopic (exact) mass is 250 g/mol. The van der Waals surface area contributed by atoms with Crippen LogP contribution in [-0.2, 0) is 9.59 Å². The van der Waals surface area contributed by atoms with Gasteiger partial charge < -0.3 is 10.2 Å². The summed E-state index contributed by atoms with van der Waals surface area (Å²) < 4.78 is 13.4. The normalized spacial score (nSPS) is 18.8. The molecule has 0 aliphatic carbocycles. The van der Waals surface area contributed by atoms with Crippen molar-refractivity contribution in [3.63, 3.8) is 0 Å². The third kappa shape index (κ3) is 2.20. The number of nitrogens with one attached hydrogen (secondary N) is 1. The van der Waals surface area contributed by atoms with E-state index in [4.69, 9.17) is 0 Å². The molecular weight excluding hydrogens is 235 g/mol. The van der Waals surface area contributed by atoms with Gasteiger partial charge in [0.2, 0.25) is 5.91 Å². The van der Waals surface area contributed by atoms with Crippen molar-refractivity contribution < 1.29 is 14.0 Å². The van der Waals surface area contributed by atoms with Crippen LogP contribution in [0.2, 0.25) is 0 Å². The van der Waals surface area contributed by atoms with E-state index in [0.29, 0.717) is 11.3 Å². The molecule has 96 valence electrons. The minimum atomic E-state index is -0.963. The molecular formula is C13H15FN2O2. The molecule has 1 aliphatic heterocycles. The van der Waals surface area contributed by atoms with Crippen molar-refractivity contribution in [3.05, 3.63) is 29.6 Å². The van der Waals surface area contributed by atoms with Crippen molar-refractivity contribution in [2.24, 2.45) is 0 Å². The summed E-state index contributed by atoms with van der Waals surface area (Å²) in [5.41, 5.74) is 0.164. The van der Waals surface area contributed by atoms with Crippen molar-refractivity contribution >= 4 is 17.5 Å². The van der Waals surface area contributed by atoms with Crippen molar-refractivity contribution in [2.45, 2.75) is 26.3 Å². The summed E-state index contributed by atoms with van der Waals surface area (Å²) in [5, 5.41) is 2.61. The van der Waals surface area contributed by atoms with Gasteiger partial charge in [-0.1, -0.05) is 0 Å². The summed E-state index contributed by atoms with van der Waals surface area (Å²) in [6.07, 6.45) is 0. The Kier molecular flexibility index (Phi) is 2.84. The molecule has 18 heavy (non-hydrogen) atoms. The molecule has 1 fully saturated rings. The molecule has 1 aromatic carbocycles. The maximum absolute atomic E-state index is 13.4. The van der Waals surface area contributed by atoms with Crippen LogP contribution in [0.3, 0.4) is 0 Å². The van der Waals surface area contributed by atoms with Crippen LogP contribution >= 0.6 is 0 Å². The number of carbonyl (C=O) groups is 2. The largest absolute Gasteiger partial charge is 0.341 e. The number of anilines is 1. The molecule has 1 saturated heterocycles. The molecule has 0 atom stereocenters. The Morgan fingerprint density at radius 1 is 1.28 bits per heavy atom. The highest BCUT2D eigenvalue weighted by Gasteiger charge is 2.39. The molecule has 0 bridgehead atoms. The van der Waals surface area contributed by atoms with Crippen LogP contribution < -0.4 is 10.2 Å². The van der Waals surface area contributed by atoms with E-state index in [0.717, 1.165) is 0 Å². The zero-order chi connectivity index (χ0) is 13.5. The zero-order valence-corrected chi connectivity index (χ0v) is 10.6.